The number of esters is 1. The Kier molecular flexibility index (Phi) is 6.15. The monoisotopic (exact) mass is 363 g/mol. The van der Waals surface area contributed by atoms with E-state index in [0.717, 1.165) is 13.2 Å². The van der Waals surface area contributed by atoms with Crippen molar-refractivity contribution in [3.05, 3.63) is 28.3 Å². The fourth-order valence-corrected chi connectivity index (χ4v) is 3.78. The number of carboxylic acids is 1. The Labute approximate surface area is 139 Å². The third kappa shape index (κ3) is 4.43. The summed E-state index contributed by atoms with van der Waals surface area (Å²) in [5.41, 5.74) is 0.166. The lowest BCUT2D eigenvalue weighted by atomic mass is 10.1. The molecule has 0 bridgehead atoms. The SMILES string of the molecule is COC(=O)c1cc(Cl)c(C)c(S(=O)(=O)N[C@@H](C(=O)O)C(C)C)c1. The minimum atomic E-state index is -4.19. The third-order valence-electron chi connectivity index (χ3n) is 3.22. The first-order valence-electron chi connectivity index (χ1n) is 6.64. The molecule has 1 aromatic rings. The largest absolute Gasteiger partial charge is 0.480 e. The van der Waals surface area contributed by atoms with Crippen molar-refractivity contribution in [3.8, 4) is 0 Å². The first-order valence-corrected chi connectivity index (χ1v) is 8.51. The van der Waals surface area contributed by atoms with Crippen LogP contribution in [0.2, 0.25) is 5.02 Å². The Bertz CT molecular complexity index is 729. The normalized spacial score (nSPS) is 13.0. The van der Waals surface area contributed by atoms with Crippen molar-refractivity contribution in [1.82, 2.24) is 4.72 Å². The molecule has 0 aliphatic carbocycles. The molecule has 1 aromatic carbocycles. The number of hydrogen-bond donors (Lipinski definition) is 2. The van der Waals surface area contributed by atoms with Crippen molar-refractivity contribution in [3.63, 3.8) is 0 Å². The van der Waals surface area contributed by atoms with Gasteiger partial charge in [-0.1, -0.05) is 25.4 Å². The van der Waals surface area contributed by atoms with Crippen LogP contribution >= 0.6 is 11.6 Å². The highest BCUT2D eigenvalue weighted by Crippen LogP contribution is 2.26. The van der Waals surface area contributed by atoms with E-state index in [2.05, 4.69) is 9.46 Å². The lowest BCUT2D eigenvalue weighted by Gasteiger charge is -2.19. The number of sulfonamides is 1. The van der Waals surface area contributed by atoms with Crippen molar-refractivity contribution in [2.75, 3.05) is 7.11 Å². The molecule has 0 fully saturated rings. The average Bonchev–Trinajstić information content (AvgIpc) is 2.45. The van der Waals surface area contributed by atoms with E-state index in [0.29, 0.717) is 0 Å². The highest BCUT2D eigenvalue weighted by Gasteiger charge is 2.30. The molecule has 0 saturated heterocycles. The van der Waals surface area contributed by atoms with Gasteiger partial charge in [0, 0.05) is 5.02 Å². The van der Waals surface area contributed by atoms with Gasteiger partial charge in [-0.05, 0) is 30.5 Å². The lowest BCUT2D eigenvalue weighted by molar-refractivity contribution is -0.140. The van der Waals surface area contributed by atoms with E-state index in [1.54, 1.807) is 13.8 Å². The van der Waals surface area contributed by atoms with Crippen LogP contribution in [0, 0.1) is 12.8 Å². The van der Waals surface area contributed by atoms with E-state index in [4.69, 9.17) is 16.7 Å². The van der Waals surface area contributed by atoms with E-state index in [1.165, 1.54) is 13.0 Å². The maximum Gasteiger partial charge on any atom is 0.337 e. The molecule has 0 spiro atoms. The molecule has 0 unspecified atom stereocenters. The summed E-state index contributed by atoms with van der Waals surface area (Å²) in [5, 5.41) is 9.19. The van der Waals surface area contributed by atoms with Crippen molar-refractivity contribution in [2.24, 2.45) is 5.92 Å². The Balaban J connectivity index is 3.40. The van der Waals surface area contributed by atoms with Crippen molar-refractivity contribution in [2.45, 2.75) is 31.7 Å². The highest BCUT2D eigenvalue weighted by atomic mass is 35.5. The number of aliphatic carboxylic acids is 1. The number of benzene rings is 1. The van der Waals surface area contributed by atoms with E-state index in [1.807, 2.05) is 0 Å². The number of hydrogen-bond acceptors (Lipinski definition) is 5. The smallest absolute Gasteiger partial charge is 0.337 e. The van der Waals surface area contributed by atoms with E-state index < -0.39 is 33.9 Å². The van der Waals surface area contributed by atoms with Gasteiger partial charge in [-0.3, -0.25) is 4.79 Å². The van der Waals surface area contributed by atoms with Crippen molar-refractivity contribution < 1.29 is 27.9 Å². The summed E-state index contributed by atoms with van der Waals surface area (Å²) in [4.78, 5) is 22.5. The summed E-state index contributed by atoms with van der Waals surface area (Å²) >= 11 is 5.97. The fraction of sp³-hybridized carbons (Fsp3) is 0.429. The Morgan fingerprint density at radius 3 is 2.30 bits per heavy atom. The molecule has 23 heavy (non-hydrogen) atoms. The highest BCUT2D eigenvalue weighted by molar-refractivity contribution is 7.89. The van der Waals surface area contributed by atoms with Gasteiger partial charge in [0.15, 0.2) is 0 Å². The molecule has 0 radical (unpaired) electrons. The van der Waals surface area contributed by atoms with Crippen molar-refractivity contribution in [1.29, 1.82) is 0 Å². The number of carbonyl (C=O) groups is 2. The van der Waals surface area contributed by atoms with Crippen LogP contribution in [0.15, 0.2) is 17.0 Å². The van der Waals surface area contributed by atoms with Gasteiger partial charge in [-0.25, -0.2) is 13.2 Å². The second-order valence-electron chi connectivity index (χ2n) is 5.25. The Morgan fingerprint density at radius 1 is 1.30 bits per heavy atom. The Morgan fingerprint density at radius 2 is 1.87 bits per heavy atom. The molecule has 2 N–H and O–H groups in total. The van der Waals surface area contributed by atoms with Crippen LogP contribution < -0.4 is 4.72 Å². The van der Waals surface area contributed by atoms with Crippen LogP contribution in [-0.4, -0.2) is 38.6 Å². The number of carboxylic acid groups (broad SMARTS) is 1. The van der Waals surface area contributed by atoms with Crippen LogP contribution in [-0.2, 0) is 19.6 Å². The third-order valence-corrected chi connectivity index (χ3v) is 5.18. The molecule has 0 heterocycles. The molecule has 0 aromatic heterocycles. The molecule has 1 rings (SSSR count). The molecular weight excluding hydrogens is 346 g/mol. The second-order valence-corrected chi connectivity index (χ2v) is 7.34. The van der Waals surface area contributed by atoms with Gasteiger partial charge >= 0.3 is 11.9 Å². The number of methoxy groups -OCH3 is 1. The lowest BCUT2D eigenvalue weighted by Crippen LogP contribution is -2.44. The molecule has 7 nitrogen and oxygen atoms in total. The first kappa shape index (κ1) is 19.4. The summed E-state index contributed by atoms with van der Waals surface area (Å²) in [6.45, 7) is 4.61. The summed E-state index contributed by atoms with van der Waals surface area (Å²) in [7, 11) is -3.04. The molecular formula is C14H18ClNO6S. The van der Waals surface area contributed by atoms with Crippen LogP contribution in [0.1, 0.15) is 29.8 Å². The zero-order valence-corrected chi connectivity index (χ0v) is 14.7. The molecule has 0 aliphatic heterocycles. The van der Waals surface area contributed by atoms with Crippen LogP contribution in [0.4, 0.5) is 0 Å². The average molecular weight is 364 g/mol. The number of carbonyl (C=O) groups excluding carboxylic acids is 1. The summed E-state index contributed by atoms with van der Waals surface area (Å²) in [6.07, 6.45) is 0. The first-order chi connectivity index (χ1) is 10.5. The minimum absolute atomic E-state index is 0.0418. The van der Waals surface area contributed by atoms with Gasteiger partial charge in [0.2, 0.25) is 10.0 Å². The number of ether oxygens (including phenoxy) is 1. The standard InChI is InChI=1S/C14H18ClNO6S/c1-7(2)12(13(17)18)16-23(20,21)11-6-9(14(19)22-4)5-10(15)8(11)3/h5-7,12,16H,1-4H3,(H,17,18)/t12-/m1/s1. The fourth-order valence-electron chi connectivity index (χ4n) is 1.87. The Hall–Kier alpha value is -1.64. The number of nitrogens with one attached hydrogen (secondary N) is 1. The number of halogens is 1. The van der Waals surface area contributed by atoms with Gasteiger partial charge in [0.05, 0.1) is 17.6 Å². The summed E-state index contributed by atoms with van der Waals surface area (Å²) in [5.74, 6) is -2.51. The van der Waals surface area contributed by atoms with E-state index >= 15 is 0 Å². The second kappa shape index (κ2) is 7.29. The zero-order valence-electron chi connectivity index (χ0n) is 13.1. The maximum atomic E-state index is 12.5. The maximum absolute atomic E-state index is 12.5. The van der Waals surface area contributed by atoms with Gasteiger partial charge in [-0.15, -0.1) is 0 Å². The van der Waals surface area contributed by atoms with Crippen LogP contribution in [0.25, 0.3) is 0 Å². The zero-order chi connectivity index (χ0) is 17.9. The van der Waals surface area contributed by atoms with E-state index in [9.17, 15) is 18.0 Å². The molecule has 1 atom stereocenters. The molecule has 0 saturated carbocycles. The number of rotatable bonds is 6. The van der Waals surface area contributed by atoms with Crippen LogP contribution in [0.3, 0.4) is 0 Å². The van der Waals surface area contributed by atoms with Gasteiger partial charge < -0.3 is 9.84 Å². The topological polar surface area (TPSA) is 110 Å². The van der Waals surface area contributed by atoms with Gasteiger partial charge in [0.25, 0.3) is 0 Å². The van der Waals surface area contributed by atoms with E-state index in [-0.39, 0.29) is 21.0 Å². The van der Waals surface area contributed by atoms with Crippen LogP contribution in [0.5, 0.6) is 0 Å². The quantitative estimate of drug-likeness (QED) is 0.746. The molecule has 0 amide bonds. The predicted octanol–water partition coefficient (Wildman–Crippen LogP) is 1.82. The molecule has 9 heteroatoms. The minimum Gasteiger partial charge on any atom is -0.480 e. The van der Waals surface area contributed by atoms with Gasteiger partial charge in [0.1, 0.15) is 6.04 Å². The summed E-state index contributed by atoms with van der Waals surface area (Å²) in [6, 6.07) is 1.09. The summed E-state index contributed by atoms with van der Waals surface area (Å²) < 4.78 is 31.7. The van der Waals surface area contributed by atoms with Gasteiger partial charge in [-0.2, -0.15) is 4.72 Å². The molecule has 128 valence electrons. The van der Waals surface area contributed by atoms with Crippen molar-refractivity contribution >= 4 is 33.6 Å². The predicted molar refractivity (Wildman–Crippen MR) is 84.1 cm³/mol. The molecule has 0 aliphatic rings.